The Morgan fingerprint density at radius 1 is 1.42 bits per heavy atom. The van der Waals surface area contributed by atoms with Crippen LogP contribution >= 0.6 is 11.3 Å². The number of nitrogens with one attached hydrogen (secondary N) is 2. The van der Waals surface area contributed by atoms with Gasteiger partial charge in [0.25, 0.3) is 0 Å². The highest BCUT2D eigenvalue weighted by Gasteiger charge is 2.05. The third-order valence-electron chi connectivity index (χ3n) is 2.54. The monoisotopic (exact) mass is 279 g/mol. The van der Waals surface area contributed by atoms with E-state index in [2.05, 4.69) is 15.6 Å². The highest BCUT2D eigenvalue weighted by atomic mass is 32.1. The summed E-state index contributed by atoms with van der Waals surface area (Å²) in [6.07, 6.45) is 0. The van der Waals surface area contributed by atoms with Gasteiger partial charge < -0.3 is 15.4 Å². The number of benzene rings is 1. The van der Waals surface area contributed by atoms with Gasteiger partial charge in [-0.25, -0.2) is 4.98 Å². The average Bonchev–Trinajstić information content (AvgIpc) is 2.84. The normalized spacial score (nSPS) is 10.8. The second kappa shape index (κ2) is 7.18. The molecule has 0 saturated carbocycles. The standard InChI is InChI=1S/C13H17N3O2S/c1-18-7-6-14-8-12(17)15-9-13-16-10-4-2-3-5-11(10)19-13/h2-5,14H,6-9H2,1H3,(H,15,17). The molecule has 0 spiro atoms. The number of methoxy groups -OCH3 is 1. The number of thiazole rings is 1. The fourth-order valence-corrected chi connectivity index (χ4v) is 2.52. The first kappa shape index (κ1) is 13.9. The fourth-order valence-electron chi connectivity index (χ4n) is 1.61. The molecule has 2 N–H and O–H groups in total. The number of carbonyl (C=O) groups is 1. The molecule has 0 saturated heterocycles. The van der Waals surface area contributed by atoms with Gasteiger partial charge in [0, 0.05) is 13.7 Å². The van der Waals surface area contributed by atoms with E-state index in [0.717, 1.165) is 15.2 Å². The van der Waals surface area contributed by atoms with Crippen LogP contribution in [0, 0.1) is 0 Å². The van der Waals surface area contributed by atoms with E-state index < -0.39 is 0 Å². The number of rotatable bonds is 7. The maximum Gasteiger partial charge on any atom is 0.234 e. The van der Waals surface area contributed by atoms with Crippen molar-refractivity contribution in [2.75, 3.05) is 26.8 Å². The van der Waals surface area contributed by atoms with Crippen molar-refractivity contribution >= 4 is 27.5 Å². The van der Waals surface area contributed by atoms with Crippen LogP contribution in [0.15, 0.2) is 24.3 Å². The van der Waals surface area contributed by atoms with Gasteiger partial charge in [-0.05, 0) is 12.1 Å². The summed E-state index contributed by atoms with van der Waals surface area (Å²) < 4.78 is 6.03. The molecule has 0 fully saturated rings. The van der Waals surface area contributed by atoms with Crippen molar-refractivity contribution in [1.29, 1.82) is 0 Å². The minimum atomic E-state index is -0.0321. The summed E-state index contributed by atoms with van der Waals surface area (Å²) >= 11 is 1.60. The SMILES string of the molecule is COCCNCC(=O)NCc1nc2ccccc2s1. The van der Waals surface area contributed by atoms with E-state index in [9.17, 15) is 4.79 Å². The van der Waals surface area contributed by atoms with Crippen LogP contribution in [0.3, 0.4) is 0 Å². The van der Waals surface area contributed by atoms with Crippen LogP contribution in [-0.2, 0) is 16.1 Å². The second-order valence-electron chi connectivity index (χ2n) is 4.02. The number of aromatic nitrogens is 1. The number of amides is 1. The minimum absolute atomic E-state index is 0.0321. The Morgan fingerprint density at radius 2 is 2.26 bits per heavy atom. The lowest BCUT2D eigenvalue weighted by molar-refractivity contribution is -0.120. The van der Waals surface area contributed by atoms with Gasteiger partial charge in [0.05, 0.1) is 29.9 Å². The summed E-state index contributed by atoms with van der Waals surface area (Å²) in [7, 11) is 1.63. The first-order valence-electron chi connectivity index (χ1n) is 6.10. The van der Waals surface area contributed by atoms with Crippen LogP contribution in [0.25, 0.3) is 10.2 Å². The molecular weight excluding hydrogens is 262 g/mol. The average molecular weight is 279 g/mol. The van der Waals surface area contributed by atoms with E-state index in [-0.39, 0.29) is 5.91 Å². The van der Waals surface area contributed by atoms with Gasteiger partial charge in [-0.3, -0.25) is 4.79 Å². The Kier molecular flexibility index (Phi) is 5.26. The summed E-state index contributed by atoms with van der Waals surface area (Å²) in [6.45, 7) is 2.05. The van der Waals surface area contributed by atoms with E-state index in [1.165, 1.54) is 0 Å². The van der Waals surface area contributed by atoms with Crippen LogP contribution in [0.1, 0.15) is 5.01 Å². The molecule has 6 heteroatoms. The van der Waals surface area contributed by atoms with Crippen molar-refractivity contribution in [3.05, 3.63) is 29.3 Å². The maximum atomic E-state index is 11.6. The molecule has 1 amide bonds. The summed E-state index contributed by atoms with van der Waals surface area (Å²) in [5, 5.41) is 6.76. The molecule has 0 aliphatic rings. The zero-order valence-electron chi connectivity index (χ0n) is 10.8. The molecule has 1 heterocycles. The van der Waals surface area contributed by atoms with Crippen LogP contribution in [0.4, 0.5) is 0 Å². The Labute approximate surface area is 116 Å². The quantitative estimate of drug-likeness (QED) is 0.746. The number of hydrogen-bond donors (Lipinski definition) is 2. The Hall–Kier alpha value is -1.50. The molecule has 2 aromatic rings. The Morgan fingerprint density at radius 3 is 3.05 bits per heavy atom. The largest absolute Gasteiger partial charge is 0.383 e. The van der Waals surface area contributed by atoms with Crippen LogP contribution in [0.2, 0.25) is 0 Å². The number of ether oxygens (including phenoxy) is 1. The fraction of sp³-hybridized carbons (Fsp3) is 0.385. The topological polar surface area (TPSA) is 63.2 Å². The maximum absolute atomic E-state index is 11.6. The molecule has 0 atom stereocenters. The van der Waals surface area contributed by atoms with Crippen molar-refractivity contribution < 1.29 is 9.53 Å². The summed E-state index contributed by atoms with van der Waals surface area (Å²) in [6, 6.07) is 7.96. The first-order valence-corrected chi connectivity index (χ1v) is 6.92. The highest BCUT2D eigenvalue weighted by Crippen LogP contribution is 2.21. The molecule has 2 rings (SSSR count). The van der Waals surface area contributed by atoms with E-state index in [0.29, 0.717) is 26.2 Å². The van der Waals surface area contributed by atoms with E-state index >= 15 is 0 Å². The number of nitrogens with zero attached hydrogens (tertiary/aromatic N) is 1. The Balaban J connectivity index is 1.77. The lowest BCUT2D eigenvalue weighted by Gasteiger charge is -2.04. The number of hydrogen-bond acceptors (Lipinski definition) is 5. The Bertz CT molecular complexity index is 508. The van der Waals surface area contributed by atoms with Crippen molar-refractivity contribution in [1.82, 2.24) is 15.6 Å². The number of carbonyl (C=O) groups excluding carboxylic acids is 1. The van der Waals surface area contributed by atoms with Gasteiger partial charge in [-0.1, -0.05) is 12.1 Å². The highest BCUT2D eigenvalue weighted by molar-refractivity contribution is 7.18. The third kappa shape index (κ3) is 4.27. The molecule has 0 bridgehead atoms. The van der Waals surface area contributed by atoms with Gasteiger partial charge >= 0.3 is 0 Å². The third-order valence-corrected chi connectivity index (χ3v) is 3.58. The number of fused-ring (bicyclic) bond motifs is 1. The van der Waals surface area contributed by atoms with Crippen LogP contribution < -0.4 is 10.6 Å². The van der Waals surface area contributed by atoms with E-state index in [1.54, 1.807) is 18.4 Å². The molecule has 102 valence electrons. The predicted molar refractivity (Wildman–Crippen MR) is 76.2 cm³/mol. The zero-order chi connectivity index (χ0) is 13.5. The molecule has 0 unspecified atom stereocenters. The summed E-state index contributed by atoms with van der Waals surface area (Å²) in [5.74, 6) is -0.0321. The predicted octanol–water partition coefficient (Wildman–Crippen LogP) is 1.15. The molecular formula is C13H17N3O2S. The van der Waals surface area contributed by atoms with Gasteiger partial charge in [-0.15, -0.1) is 11.3 Å². The number of para-hydroxylation sites is 1. The van der Waals surface area contributed by atoms with Gasteiger partial charge in [-0.2, -0.15) is 0 Å². The van der Waals surface area contributed by atoms with Gasteiger partial charge in [0.15, 0.2) is 0 Å². The molecule has 1 aromatic heterocycles. The van der Waals surface area contributed by atoms with Gasteiger partial charge in [0.2, 0.25) is 5.91 Å². The van der Waals surface area contributed by atoms with Crippen molar-refractivity contribution in [2.24, 2.45) is 0 Å². The first-order chi connectivity index (χ1) is 9.29. The molecule has 0 aliphatic carbocycles. The van der Waals surface area contributed by atoms with Crippen molar-refractivity contribution in [2.45, 2.75) is 6.54 Å². The lowest BCUT2D eigenvalue weighted by atomic mass is 10.3. The molecule has 19 heavy (non-hydrogen) atoms. The van der Waals surface area contributed by atoms with E-state index in [1.807, 2.05) is 24.3 Å². The van der Waals surface area contributed by atoms with Crippen LogP contribution in [0.5, 0.6) is 0 Å². The summed E-state index contributed by atoms with van der Waals surface area (Å²) in [4.78, 5) is 16.0. The van der Waals surface area contributed by atoms with Crippen molar-refractivity contribution in [3.63, 3.8) is 0 Å². The molecule has 1 aromatic carbocycles. The van der Waals surface area contributed by atoms with E-state index in [4.69, 9.17) is 4.74 Å². The minimum Gasteiger partial charge on any atom is -0.383 e. The molecule has 5 nitrogen and oxygen atoms in total. The molecule has 0 aliphatic heterocycles. The smallest absolute Gasteiger partial charge is 0.234 e. The van der Waals surface area contributed by atoms with Gasteiger partial charge in [0.1, 0.15) is 5.01 Å². The summed E-state index contributed by atoms with van der Waals surface area (Å²) in [5.41, 5.74) is 0.981. The van der Waals surface area contributed by atoms with Crippen LogP contribution in [-0.4, -0.2) is 37.7 Å². The lowest BCUT2D eigenvalue weighted by Crippen LogP contribution is -2.34. The van der Waals surface area contributed by atoms with Crippen molar-refractivity contribution in [3.8, 4) is 0 Å². The second-order valence-corrected chi connectivity index (χ2v) is 5.14. The molecule has 0 radical (unpaired) electrons. The zero-order valence-corrected chi connectivity index (χ0v) is 11.6.